The number of aryl methyl sites for hydroxylation is 2. The number of nitrogens with one attached hydrogen (secondary N) is 1. The molecule has 2 aromatic rings. The second kappa shape index (κ2) is 6.90. The lowest BCUT2D eigenvalue weighted by atomic mass is 9.99. The Morgan fingerprint density at radius 3 is 2.67 bits per heavy atom. The van der Waals surface area contributed by atoms with Gasteiger partial charge in [-0.2, -0.15) is 5.10 Å². The number of rotatable bonds is 6. The van der Waals surface area contributed by atoms with Crippen LogP contribution in [0.1, 0.15) is 47.8 Å². The van der Waals surface area contributed by atoms with Crippen LogP contribution in [0.5, 0.6) is 0 Å². The van der Waals surface area contributed by atoms with Crippen LogP contribution in [0.25, 0.3) is 0 Å². The van der Waals surface area contributed by atoms with E-state index in [0.717, 1.165) is 25.3 Å². The molecule has 1 heterocycles. The Kier molecular flexibility index (Phi) is 5.18. The molecule has 0 spiro atoms. The number of hydrogen-bond donors (Lipinski definition) is 1. The lowest BCUT2D eigenvalue weighted by Crippen LogP contribution is -2.20. The molecule has 1 N–H and O–H groups in total. The molecule has 21 heavy (non-hydrogen) atoms. The standard InChI is InChI=1S/C18H27N3/c1-6-19-11-14(3)18-15(4)20-21(16(18)5)12-17-9-7-8-13(2)10-17/h7-10,14,19H,6,11-12H2,1-5H3. The van der Waals surface area contributed by atoms with Gasteiger partial charge >= 0.3 is 0 Å². The van der Waals surface area contributed by atoms with Gasteiger partial charge < -0.3 is 5.32 Å². The van der Waals surface area contributed by atoms with E-state index in [1.54, 1.807) is 0 Å². The highest BCUT2D eigenvalue weighted by molar-refractivity contribution is 5.30. The van der Waals surface area contributed by atoms with Crippen molar-refractivity contribution in [1.29, 1.82) is 0 Å². The molecule has 1 aromatic heterocycles. The largest absolute Gasteiger partial charge is 0.316 e. The number of hydrogen-bond acceptors (Lipinski definition) is 2. The van der Waals surface area contributed by atoms with Gasteiger partial charge in [-0.25, -0.2) is 0 Å². The third-order valence-electron chi connectivity index (χ3n) is 4.05. The van der Waals surface area contributed by atoms with Gasteiger partial charge in [-0.3, -0.25) is 4.68 Å². The van der Waals surface area contributed by atoms with Gasteiger partial charge in [0.2, 0.25) is 0 Å². The van der Waals surface area contributed by atoms with Crippen LogP contribution in [-0.4, -0.2) is 22.9 Å². The normalized spacial score (nSPS) is 12.6. The fraction of sp³-hybridized carbons (Fsp3) is 0.500. The summed E-state index contributed by atoms with van der Waals surface area (Å²) in [5.41, 5.74) is 6.45. The zero-order chi connectivity index (χ0) is 15.4. The third kappa shape index (κ3) is 3.73. The van der Waals surface area contributed by atoms with Crippen LogP contribution in [0.15, 0.2) is 24.3 Å². The molecule has 114 valence electrons. The molecule has 0 saturated carbocycles. The maximum atomic E-state index is 4.75. The summed E-state index contributed by atoms with van der Waals surface area (Å²) in [4.78, 5) is 0. The van der Waals surface area contributed by atoms with Gasteiger partial charge in [-0.05, 0) is 38.8 Å². The topological polar surface area (TPSA) is 29.9 Å². The van der Waals surface area contributed by atoms with E-state index in [9.17, 15) is 0 Å². The Balaban J connectivity index is 2.22. The summed E-state index contributed by atoms with van der Waals surface area (Å²) >= 11 is 0. The zero-order valence-corrected chi connectivity index (χ0v) is 13.9. The molecule has 3 nitrogen and oxygen atoms in total. The molecule has 0 bridgehead atoms. The lowest BCUT2D eigenvalue weighted by Gasteiger charge is -2.13. The minimum absolute atomic E-state index is 0.496. The van der Waals surface area contributed by atoms with Crippen molar-refractivity contribution in [3.63, 3.8) is 0 Å². The molecule has 3 heteroatoms. The Labute approximate surface area is 128 Å². The SMILES string of the molecule is CCNCC(C)c1c(C)nn(Cc2cccc(C)c2)c1C. The van der Waals surface area contributed by atoms with E-state index in [1.165, 1.54) is 22.4 Å². The van der Waals surface area contributed by atoms with Gasteiger partial charge in [0.1, 0.15) is 0 Å². The summed E-state index contributed by atoms with van der Waals surface area (Å²) in [5, 5.41) is 8.18. The van der Waals surface area contributed by atoms with Crippen molar-refractivity contribution in [2.75, 3.05) is 13.1 Å². The zero-order valence-electron chi connectivity index (χ0n) is 13.9. The first-order valence-electron chi connectivity index (χ1n) is 7.83. The average Bonchev–Trinajstić information content (AvgIpc) is 2.71. The Hall–Kier alpha value is -1.61. The molecule has 0 radical (unpaired) electrons. The molecule has 2 rings (SSSR count). The molecule has 0 aliphatic heterocycles. The van der Waals surface area contributed by atoms with Crippen molar-refractivity contribution in [2.24, 2.45) is 0 Å². The summed E-state index contributed by atoms with van der Waals surface area (Å²) in [5.74, 6) is 0.496. The summed E-state index contributed by atoms with van der Waals surface area (Å²) in [7, 11) is 0. The van der Waals surface area contributed by atoms with Crippen molar-refractivity contribution >= 4 is 0 Å². The highest BCUT2D eigenvalue weighted by Crippen LogP contribution is 2.23. The summed E-state index contributed by atoms with van der Waals surface area (Å²) in [6, 6.07) is 8.66. The molecule has 1 atom stereocenters. The molecule has 0 aliphatic rings. The lowest BCUT2D eigenvalue weighted by molar-refractivity contribution is 0.624. The number of benzene rings is 1. The van der Waals surface area contributed by atoms with E-state index >= 15 is 0 Å². The first kappa shape index (κ1) is 15.8. The molecule has 1 unspecified atom stereocenters. The number of nitrogens with zero attached hydrogens (tertiary/aromatic N) is 2. The van der Waals surface area contributed by atoms with Crippen LogP contribution in [-0.2, 0) is 6.54 Å². The second-order valence-corrected chi connectivity index (χ2v) is 5.94. The van der Waals surface area contributed by atoms with Crippen LogP contribution in [0.3, 0.4) is 0 Å². The van der Waals surface area contributed by atoms with Crippen LogP contribution >= 0.6 is 0 Å². The van der Waals surface area contributed by atoms with Gasteiger partial charge in [0.25, 0.3) is 0 Å². The highest BCUT2D eigenvalue weighted by atomic mass is 15.3. The summed E-state index contributed by atoms with van der Waals surface area (Å²) in [6.07, 6.45) is 0. The van der Waals surface area contributed by atoms with Crippen molar-refractivity contribution < 1.29 is 0 Å². The monoisotopic (exact) mass is 285 g/mol. The molecule has 1 aromatic carbocycles. The number of aromatic nitrogens is 2. The van der Waals surface area contributed by atoms with Crippen molar-refractivity contribution in [3.8, 4) is 0 Å². The fourth-order valence-corrected chi connectivity index (χ4v) is 3.02. The van der Waals surface area contributed by atoms with Crippen LogP contribution < -0.4 is 5.32 Å². The van der Waals surface area contributed by atoms with Crippen molar-refractivity contribution in [3.05, 3.63) is 52.3 Å². The van der Waals surface area contributed by atoms with Crippen LogP contribution in [0.2, 0.25) is 0 Å². The molecule has 0 saturated heterocycles. The van der Waals surface area contributed by atoms with E-state index in [2.05, 4.69) is 68.9 Å². The fourth-order valence-electron chi connectivity index (χ4n) is 3.02. The van der Waals surface area contributed by atoms with Gasteiger partial charge in [0, 0.05) is 17.8 Å². The summed E-state index contributed by atoms with van der Waals surface area (Å²) < 4.78 is 2.14. The highest BCUT2D eigenvalue weighted by Gasteiger charge is 2.17. The minimum atomic E-state index is 0.496. The van der Waals surface area contributed by atoms with E-state index in [-0.39, 0.29) is 0 Å². The molecule has 0 amide bonds. The van der Waals surface area contributed by atoms with E-state index in [4.69, 9.17) is 5.10 Å². The maximum Gasteiger partial charge on any atom is 0.0662 e. The predicted molar refractivity (Wildman–Crippen MR) is 88.9 cm³/mol. The van der Waals surface area contributed by atoms with E-state index < -0.39 is 0 Å². The first-order valence-corrected chi connectivity index (χ1v) is 7.83. The Morgan fingerprint density at radius 2 is 2.00 bits per heavy atom. The minimum Gasteiger partial charge on any atom is -0.316 e. The van der Waals surface area contributed by atoms with E-state index in [0.29, 0.717) is 5.92 Å². The second-order valence-electron chi connectivity index (χ2n) is 5.94. The molecular weight excluding hydrogens is 258 g/mol. The van der Waals surface area contributed by atoms with Gasteiger partial charge in [-0.15, -0.1) is 0 Å². The first-order chi connectivity index (χ1) is 10.0. The maximum absolute atomic E-state index is 4.75. The Bertz CT molecular complexity index is 599. The Morgan fingerprint density at radius 1 is 1.24 bits per heavy atom. The average molecular weight is 285 g/mol. The van der Waals surface area contributed by atoms with Crippen molar-refractivity contribution in [2.45, 2.75) is 47.1 Å². The van der Waals surface area contributed by atoms with Crippen LogP contribution in [0.4, 0.5) is 0 Å². The van der Waals surface area contributed by atoms with Crippen molar-refractivity contribution in [1.82, 2.24) is 15.1 Å². The third-order valence-corrected chi connectivity index (χ3v) is 4.05. The summed E-state index contributed by atoms with van der Waals surface area (Å²) in [6.45, 7) is 13.7. The molecule has 0 fully saturated rings. The molecule has 0 aliphatic carbocycles. The van der Waals surface area contributed by atoms with Gasteiger partial charge in [-0.1, -0.05) is 43.7 Å². The predicted octanol–water partition coefficient (Wildman–Crippen LogP) is 3.57. The quantitative estimate of drug-likeness (QED) is 0.879. The number of likely N-dealkylation sites (N-methyl/N-ethyl adjacent to an activating group) is 1. The van der Waals surface area contributed by atoms with Gasteiger partial charge in [0.05, 0.1) is 12.2 Å². The van der Waals surface area contributed by atoms with E-state index in [1.807, 2.05) is 0 Å². The molecular formula is C18H27N3. The smallest absolute Gasteiger partial charge is 0.0662 e. The van der Waals surface area contributed by atoms with Crippen LogP contribution in [0, 0.1) is 20.8 Å². The van der Waals surface area contributed by atoms with Gasteiger partial charge in [0.15, 0.2) is 0 Å².